The minimum absolute atomic E-state index is 0.0969. The van der Waals surface area contributed by atoms with Crippen molar-refractivity contribution in [2.24, 2.45) is 0 Å². The van der Waals surface area contributed by atoms with E-state index >= 15 is 0 Å². The molecule has 2 aromatic heterocycles. The average molecular weight is 400 g/mol. The van der Waals surface area contributed by atoms with Crippen molar-refractivity contribution in [1.82, 2.24) is 15.2 Å². The van der Waals surface area contributed by atoms with Crippen LogP contribution in [-0.4, -0.2) is 26.8 Å². The molecule has 0 unspecified atom stereocenters. The molecule has 1 amide bonds. The van der Waals surface area contributed by atoms with Gasteiger partial charge in [-0.3, -0.25) is 4.79 Å². The first-order valence-electron chi connectivity index (χ1n) is 7.97. The quantitative estimate of drug-likeness (QED) is 0.496. The van der Waals surface area contributed by atoms with Crippen molar-refractivity contribution >= 4 is 44.4 Å². The van der Waals surface area contributed by atoms with Crippen molar-refractivity contribution in [3.63, 3.8) is 0 Å². The van der Waals surface area contributed by atoms with Crippen LogP contribution in [-0.2, 0) is 4.79 Å². The third-order valence-electron chi connectivity index (χ3n) is 3.71. The zero-order valence-electron chi connectivity index (χ0n) is 14.1. The molecule has 4 aromatic rings. The molecule has 0 radical (unpaired) electrons. The van der Waals surface area contributed by atoms with Gasteiger partial charge >= 0.3 is 0 Å². The van der Waals surface area contributed by atoms with Gasteiger partial charge in [-0.2, -0.15) is 0 Å². The summed E-state index contributed by atoms with van der Waals surface area (Å²) in [6, 6.07) is 12.0. The summed E-state index contributed by atoms with van der Waals surface area (Å²) in [5, 5.41) is 11.4. The fourth-order valence-electron chi connectivity index (χ4n) is 2.42. The van der Waals surface area contributed by atoms with Crippen LogP contribution in [0.25, 0.3) is 21.7 Å². The Morgan fingerprint density at radius 2 is 2.11 bits per heavy atom. The Morgan fingerprint density at radius 1 is 1.26 bits per heavy atom. The van der Waals surface area contributed by atoms with Gasteiger partial charge in [-0.25, -0.2) is 9.37 Å². The molecule has 4 rings (SSSR count). The summed E-state index contributed by atoms with van der Waals surface area (Å²) in [4.78, 5) is 16.4. The number of aromatic nitrogens is 3. The largest absolute Gasteiger partial charge is 0.411 e. The first-order chi connectivity index (χ1) is 13.1. The standard InChI is InChI=1S/C18H13FN4O2S2/c1-10-4-2-3-5-12(10)16-22-23-18(25-16)26-9-15(24)21-17-20-13-7-6-11(19)8-14(13)27-17/h2-8H,9H2,1H3,(H,20,21,24). The number of hydrogen-bond acceptors (Lipinski definition) is 7. The molecule has 0 aliphatic carbocycles. The Balaban J connectivity index is 1.38. The van der Waals surface area contributed by atoms with Crippen molar-refractivity contribution in [2.45, 2.75) is 12.1 Å². The van der Waals surface area contributed by atoms with Crippen molar-refractivity contribution in [2.75, 3.05) is 11.1 Å². The number of halogens is 1. The van der Waals surface area contributed by atoms with E-state index in [1.807, 2.05) is 31.2 Å². The maximum absolute atomic E-state index is 13.2. The van der Waals surface area contributed by atoms with Crippen molar-refractivity contribution in [1.29, 1.82) is 0 Å². The topological polar surface area (TPSA) is 80.9 Å². The smallest absolute Gasteiger partial charge is 0.277 e. The van der Waals surface area contributed by atoms with Crippen LogP contribution >= 0.6 is 23.1 Å². The van der Waals surface area contributed by atoms with Crippen molar-refractivity contribution < 1.29 is 13.6 Å². The summed E-state index contributed by atoms with van der Waals surface area (Å²) < 4.78 is 19.5. The number of rotatable bonds is 5. The monoisotopic (exact) mass is 400 g/mol. The highest BCUT2D eigenvalue weighted by Crippen LogP contribution is 2.28. The van der Waals surface area contributed by atoms with Crippen LogP contribution < -0.4 is 5.32 Å². The van der Waals surface area contributed by atoms with Crippen LogP contribution in [0.4, 0.5) is 9.52 Å². The Labute approximate surface area is 161 Å². The van der Waals surface area contributed by atoms with Crippen LogP contribution in [0, 0.1) is 12.7 Å². The number of nitrogens with zero attached hydrogens (tertiary/aromatic N) is 3. The Bertz CT molecular complexity index is 1130. The van der Waals surface area contributed by atoms with E-state index in [-0.39, 0.29) is 17.5 Å². The van der Waals surface area contributed by atoms with Gasteiger partial charge in [0.15, 0.2) is 5.13 Å². The van der Waals surface area contributed by atoms with Gasteiger partial charge in [-0.05, 0) is 36.8 Å². The zero-order chi connectivity index (χ0) is 18.8. The Kier molecular flexibility index (Phi) is 4.87. The van der Waals surface area contributed by atoms with Gasteiger partial charge in [-0.15, -0.1) is 10.2 Å². The van der Waals surface area contributed by atoms with E-state index in [9.17, 15) is 9.18 Å². The van der Waals surface area contributed by atoms with Gasteiger partial charge in [0.2, 0.25) is 11.8 Å². The molecule has 0 saturated carbocycles. The van der Waals surface area contributed by atoms with Gasteiger partial charge in [0, 0.05) is 5.56 Å². The minimum atomic E-state index is -0.333. The third-order valence-corrected chi connectivity index (χ3v) is 5.46. The number of fused-ring (bicyclic) bond motifs is 1. The Morgan fingerprint density at radius 3 is 2.96 bits per heavy atom. The SMILES string of the molecule is Cc1ccccc1-c1nnc(SCC(=O)Nc2nc3ccc(F)cc3s2)o1. The molecule has 0 aliphatic rings. The molecule has 0 bridgehead atoms. The highest BCUT2D eigenvalue weighted by molar-refractivity contribution is 7.99. The first-order valence-corrected chi connectivity index (χ1v) is 9.77. The molecule has 0 atom stereocenters. The van der Waals surface area contributed by atoms with Gasteiger partial charge in [-0.1, -0.05) is 41.3 Å². The molecule has 0 saturated heterocycles. The van der Waals surface area contributed by atoms with Crippen LogP contribution in [0.5, 0.6) is 0 Å². The van der Waals surface area contributed by atoms with E-state index < -0.39 is 0 Å². The molecule has 136 valence electrons. The Hall–Kier alpha value is -2.78. The lowest BCUT2D eigenvalue weighted by atomic mass is 10.1. The lowest BCUT2D eigenvalue weighted by Gasteiger charge is -1.99. The number of carbonyl (C=O) groups excluding carboxylic acids is 1. The van der Waals surface area contributed by atoms with E-state index in [1.54, 1.807) is 6.07 Å². The van der Waals surface area contributed by atoms with E-state index in [4.69, 9.17) is 4.42 Å². The number of anilines is 1. The summed E-state index contributed by atoms with van der Waals surface area (Å²) >= 11 is 2.36. The molecule has 2 aromatic carbocycles. The number of nitrogens with one attached hydrogen (secondary N) is 1. The van der Waals surface area contributed by atoms with Crippen LogP contribution in [0.1, 0.15) is 5.56 Å². The number of aryl methyl sites for hydroxylation is 1. The van der Waals surface area contributed by atoms with Crippen molar-refractivity contribution in [3.05, 3.63) is 53.8 Å². The molecule has 2 heterocycles. The van der Waals surface area contributed by atoms with Crippen LogP contribution in [0.2, 0.25) is 0 Å². The number of thiazole rings is 1. The van der Waals surface area contributed by atoms with E-state index in [2.05, 4.69) is 20.5 Å². The molecule has 0 fully saturated rings. The number of benzene rings is 2. The molecule has 9 heteroatoms. The summed E-state index contributed by atoms with van der Waals surface area (Å²) in [6.07, 6.45) is 0. The van der Waals surface area contributed by atoms with Gasteiger partial charge < -0.3 is 9.73 Å². The average Bonchev–Trinajstić information content (AvgIpc) is 3.26. The number of amides is 1. The minimum Gasteiger partial charge on any atom is -0.411 e. The molecular formula is C18H13FN4O2S2. The normalized spacial score (nSPS) is 11.0. The second-order valence-corrected chi connectivity index (χ2v) is 7.61. The van der Waals surface area contributed by atoms with Gasteiger partial charge in [0.25, 0.3) is 5.22 Å². The van der Waals surface area contributed by atoms with Gasteiger partial charge in [0.05, 0.1) is 16.0 Å². The van der Waals surface area contributed by atoms with Crippen LogP contribution in [0.3, 0.4) is 0 Å². The lowest BCUT2D eigenvalue weighted by Crippen LogP contribution is -2.13. The predicted molar refractivity (Wildman–Crippen MR) is 103 cm³/mol. The number of carbonyl (C=O) groups is 1. The molecule has 1 N–H and O–H groups in total. The van der Waals surface area contributed by atoms with E-state index in [0.29, 0.717) is 26.5 Å². The lowest BCUT2D eigenvalue weighted by molar-refractivity contribution is -0.113. The highest BCUT2D eigenvalue weighted by atomic mass is 32.2. The van der Waals surface area contributed by atoms with Crippen LogP contribution in [0.15, 0.2) is 52.1 Å². The molecular weight excluding hydrogens is 387 g/mol. The number of thioether (sulfide) groups is 1. The van der Waals surface area contributed by atoms with Crippen molar-refractivity contribution in [3.8, 4) is 11.5 Å². The number of hydrogen-bond donors (Lipinski definition) is 1. The summed E-state index contributed by atoms with van der Waals surface area (Å²) in [6.45, 7) is 1.96. The summed E-state index contributed by atoms with van der Waals surface area (Å²) in [5.74, 6) is -0.0699. The fourth-order valence-corrected chi connectivity index (χ4v) is 3.89. The van der Waals surface area contributed by atoms with E-state index in [0.717, 1.165) is 22.9 Å². The fraction of sp³-hybridized carbons (Fsp3) is 0.111. The molecule has 0 spiro atoms. The van der Waals surface area contributed by atoms with Gasteiger partial charge in [0.1, 0.15) is 5.82 Å². The molecule has 27 heavy (non-hydrogen) atoms. The predicted octanol–water partition coefficient (Wildman–Crippen LogP) is 4.52. The van der Waals surface area contributed by atoms with E-state index in [1.165, 1.54) is 23.5 Å². The summed E-state index contributed by atoms with van der Waals surface area (Å²) in [5.41, 5.74) is 2.54. The highest BCUT2D eigenvalue weighted by Gasteiger charge is 2.14. The molecule has 6 nitrogen and oxygen atoms in total. The second kappa shape index (κ2) is 7.45. The molecule has 0 aliphatic heterocycles. The first kappa shape index (κ1) is 17.6. The maximum atomic E-state index is 13.2. The summed E-state index contributed by atoms with van der Waals surface area (Å²) in [7, 11) is 0. The zero-order valence-corrected chi connectivity index (χ0v) is 15.7. The third kappa shape index (κ3) is 3.99. The second-order valence-electron chi connectivity index (χ2n) is 5.66. The maximum Gasteiger partial charge on any atom is 0.277 e.